The van der Waals surface area contributed by atoms with Crippen LogP contribution in [0.4, 0.5) is 0 Å². The van der Waals surface area contributed by atoms with Gasteiger partial charge >= 0.3 is 0 Å². The molecule has 3 heteroatoms. The van der Waals surface area contributed by atoms with Crippen molar-refractivity contribution in [3.8, 4) is 6.07 Å². The number of benzene rings is 1. The van der Waals surface area contributed by atoms with Crippen molar-refractivity contribution >= 4 is 10.8 Å². The molecule has 0 bridgehead atoms. The molecule has 0 aromatic heterocycles. The molecule has 2 rings (SSSR count). The average Bonchev–Trinajstić information content (AvgIpc) is 2.40. The van der Waals surface area contributed by atoms with E-state index in [0.717, 1.165) is 18.4 Å². The van der Waals surface area contributed by atoms with Crippen LogP contribution in [0.5, 0.6) is 0 Å². The Morgan fingerprint density at radius 1 is 1.24 bits per heavy atom. The zero-order valence-electron chi connectivity index (χ0n) is 9.89. The molecule has 2 nitrogen and oxygen atoms in total. The third-order valence-corrected chi connectivity index (χ3v) is 5.17. The Bertz CT molecular complexity index is 444. The first-order valence-corrected chi connectivity index (χ1v) is 7.54. The highest BCUT2D eigenvalue weighted by Gasteiger charge is 2.20. The lowest BCUT2D eigenvalue weighted by Crippen LogP contribution is -2.20. The van der Waals surface area contributed by atoms with E-state index in [-0.39, 0.29) is 0 Å². The van der Waals surface area contributed by atoms with Gasteiger partial charge in [-0.25, -0.2) is 0 Å². The maximum Gasteiger partial charge on any atom is 0.0994 e. The highest BCUT2D eigenvalue weighted by atomic mass is 32.2. The van der Waals surface area contributed by atoms with Gasteiger partial charge in [-0.3, -0.25) is 4.21 Å². The minimum Gasteiger partial charge on any atom is -0.259 e. The van der Waals surface area contributed by atoms with E-state index < -0.39 is 10.8 Å². The lowest BCUT2D eigenvalue weighted by atomic mass is 10.0. The highest BCUT2D eigenvalue weighted by Crippen LogP contribution is 2.24. The second kappa shape index (κ2) is 5.97. The summed E-state index contributed by atoms with van der Waals surface area (Å²) in [6.45, 7) is 0. The monoisotopic (exact) mass is 247 g/mol. The molecule has 17 heavy (non-hydrogen) atoms. The van der Waals surface area contributed by atoms with Gasteiger partial charge in [0.15, 0.2) is 0 Å². The molecular formula is C14H17NOS. The molecule has 0 N–H and O–H groups in total. The van der Waals surface area contributed by atoms with Crippen molar-refractivity contribution < 1.29 is 4.21 Å². The molecule has 90 valence electrons. The quantitative estimate of drug-likeness (QED) is 0.823. The molecule has 1 aromatic carbocycles. The molecule has 0 aliphatic heterocycles. The fourth-order valence-corrected chi connectivity index (χ4v) is 4.01. The van der Waals surface area contributed by atoms with E-state index in [1.54, 1.807) is 6.07 Å². The predicted molar refractivity (Wildman–Crippen MR) is 69.9 cm³/mol. The topological polar surface area (TPSA) is 40.9 Å². The van der Waals surface area contributed by atoms with Gasteiger partial charge in [0.05, 0.1) is 17.4 Å². The Morgan fingerprint density at radius 3 is 2.65 bits per heavy atom. The Morgan fingerprint density at radius 2 is 1.94 bits per heavy atom. The molecule has 0 spiro atoms. The minimum absolute atomic E-state index is 0.343. The third-order valence-electron chi connectivity index (χ3n) is 3.36. The third kappa shape index (κ3) is 3.17. The molecule has 0 saturated heterocycles. The van der Waals surface area contributed by atoms with Crippen molar-refractivity contribution in [1.82, 2.24) is 0 Å². The van der Waals surface area contributed by atoms with E-state index in [2.05, 4.69) is 6.07 Å². The van der Waals surface area contributed by atoms with Crippen LogP contribution >= 0.6 is 0 Å². The Labute approximate surface area is 105 Å². The Hall–Kier alpha value is -1.14. The van der Waals surface area contributed by atoms with Crippen LogP contribution in [0.15, 0.2) is 24.3 Å². The van der Waals surface area contributed by atoms with Gasteiger partial charge in [0.1, 0.15) is 0 Å². The zero-order valence-corrected chi connectivity index (χ0v) is 10.7. The molecular weight excluding hydrogens is 230 g/mol. The first kappa shape index (κ1) is 12.3. The van der Waals surface area contributed by atoms with Gasteiger partial charge in [-0.1, -0.05) is 37.5 Å². The van der Waals surface area contributed by atoms with Crippen molar-refractivity contribution in [3.63, 3.8) is 0 Å². The molecule has 1 aliphatic carbocycles. The van der Waals surface area contributed by atoms with Gasteiger partial charge in [-0.05, 0) is 24.5 Å². The van der Waals surface area contributed by atoms with Gasteiger partial charge in [0.25, 0.3) is 0 Å². The average molecular weight is 247 g/mol. The van der Waals surface area contributed by atoms with Gasteiger partial charge in [-0.15, -0.1) is 0 Å². The van der Waals surface area contributed by atoms with Crippen LogP contribution in [0.25, 0.3) is 0 Å². The summed E-state index contributed by atoms with van der Waals surface area (Å²) in [6.07, 6.45) is 5.86. The minimum atomic E-state index is -0.820. The van der Waals surface area contributed by atoms with Crippen LogP contribution < -0.4 is 0 Å². The van der Waals surface area contributed by atoms with E-state index in [9.17, 15) is 4.21 Å². The number of nitriles is 1. The van der Waals surface area contributed by atoms with Crippen molar-refractivity contribution in [2.45, 2.75) is 43.1 Å². The van der Waals surface area contributed by atoms with E-state index in [0.29, 0.717) is 16.6 Å². The van der Waals surface area contributed by atoms with Crippen molar-refractivity contribution in [1.29, 1.82) is 5.26 Å². The number of hydrogen-bond acceptors (Lipinski definition) is 2. The summed E-state index contributed by atoms with van der Waals surface area (Å²) in [4.78, 5) is 0. The SMILES string of the molecule is N#Cc1ccccc1CS(=O)C1CCCCC1. The summed E-state index contributed by atoms with van der Waals surface area (Å²) >= 11 is 0. The maximum absolute atomic E-state index is 12.2. The summed E-state index contributed by atoms with van der Waals surface area (Å²) < 4.78 is 12.2. The number of nitrogens with zero attached hydrogens (tertiary/aromatic N) is 1. The van der Waals surface area contributed by atoms with Crippen LogP contribution in [0.2, 0.25) is 0 Å². The fourth-order valence-electron chi connectivity index (χ4n) is 2.35. The van der Waals surface area contributed by atoms with Crippen LogP contribution in [0.1, 0.15) is 43.2 Å². The molecule has 1 atom stereocenters. The predicted octanol–water partition coefficient (Wildman–Crippen LogP) is 3.14. The van der Waals surface area contributed by atoms with E-state index >= 15 is 0 Å². The summed E-state index contributed by atoms with van der Waals surface area (Å²) in [5, 5.41) is 9.34. The van der Waals surface area contributed by atoms with Gasteiger partial charge in [0.2, 0.25) is 0 Å². The van der Waals surface area contributed by atoms with E-state index in [4.69, 9.17) is 5.26 Å². The molecule has 0 radical (unpaired) electrons. The lowest BCUT2D eigenvalue weighted by Gasteiger charge is -2.21. The summed E-state index contributed by atoms with van der Waals surface area (Å²) in [6, 6.07) is 9.65. The second-order valence-corrected chi connectivity index (χ2v) is 6.27. The molecule has 1 aliphatic rings. The van der Waals surface area contributed by atoms with Crippen LogP contribution in [-0.4, -0.2) is 9.46 Å². The smallest absolute Gasteiger partial charge is 0.0994 e. The fraction of sp³-hybridized carbons (Fsp3) is 0.500. The van der Waals surface area contributed by atoms with Crippen LogP contribution in [0.3, 0.4) is 0 Å². The molecule has 1 saturated carbocycles. The first-order valence-electron chi connectivity index (χ1n) is 6.16. The molecule has 1 aromatic rings. The van der Waals surface area contributed by atoms with Crippen molar-refractivity contribution in [3.05, 3.63) is 35.4 Å². The summed E-state index contributed by atoms with van der Waals surface area (Å²) in [7, 11) is -0.820. The molecule has 0 amide bonds. The molecule has 0 heterocycles. The number of rotatable bonds is 3. The molecule has 1 fully saturated rings. The summed E-state index contributed by atoms with van der Waals surface area (Å²) in [5.41, 5.74) is 1.59. The number of hydrogen-bond donors (Lipinski definition) is 0. The van der Waals surface area contributed by atoms with Crippen LogP contribution in [0, 0.1) is 11.3 Å². The zero-order chi connectivity index (χ0) is 12.1. The molecule has 1 unspecified atom stereocenters. The second-order valence-electron chi connectivity index (χ2n) is 4.55. The maximum atomic E-state index is 12.2. The van der Waals surface area contributed by atoms with Gasteiger partial charge in [-0.2, -0.15) is 5.26 Å². The van der Waals surface area contributed by atoms with Crippen molar-refractivity contribution in [2.75, 3.05) is 0 Å². The van der Waals surface area contributed by atoms with E-state index in [1.165, 1.54) is 19.3 Å². The van der Waals surface area contributed by atoms with Gasteiger partial charge < -0.3 is 0 Å². The largest absolute Gasteiger partial charge is 0.259 e. The van der Waals surface area contributed by atoms with Crippen LogP contribution in [-0.2, 0) is 16.6 Å². The lowest BCUT2D eigenvalue weighted by molar-refractivity contribution is 0.504. The normalized spacial score (nSPS) is 18.5. The highest BCUT2D eigenvalue weighted by molar-refractivity contribution is 7.84. The Balaban J connectivity index is 2.05. The van der Waals surface area contributed by atoms with Gasteiger partial charge in [0, 0.05) is 16.0 Å². The summed E-state index contributed by atoms with van der Waals surface area (Å²) in [5.74, 6) is 0.536. The Kier molecular flexibility index (Phi) is 4.33. The van der Waals surface area contributed by atoms with Crippen molar-refractivity contribution in [2.24, 2.45) is 0 Å². The van der Waals surface area contributed by atoms with E-state index in [1.807, 2.05) is 18.2 Å². The standard InChI is InChI=1S/C14H17NOS/c15-10-12-6-4-5-7-13(12)11-17(16)14-8-2-1-3-9-14/h4-7,14H,1-3,8-9,11H2. The first-order chi connectivity index (χ1) is 8.31.